The van der Waals surface area contributed by atoms with Gasteiger partial charge in [0.15, 0.2) is 0 Å². The van der Waals surface area contributed by atoms with Gasteiger partial charge in [0, 0.05) is 23.4 Å². The predicted molar refractivity (Wildman–Crippen MR) is 105 cm³/mol. The number of amides is 1. The van der Waals surface area contributed by atoms with Gasteiger partial charge in [-0.15, -0.1) is 0 Å². The van der Waals surface area contributed by atoms with E-state index in [1.165, 1.54) is 25.3 Å². The predicted octanol–water partition coefficient (Wildman–Crippen LogP) is 2.46. The topological polar surface area (TPSA) is 113 Å². The van der Waals surface area contributed by atoms with Crippen LogP contribution >= 0.6 is 0 Å². The summed E-state index contributed by atoms with van der Waals surface area (Å²) in [5.74, 6) is 0.0189. The van der Waals surface area contributed by atoms with Crippen molar-refractivity contribution in [3.05, 3.63) is 71.5 Å². The van der Waals surface area contributed by atoms with Gasteiger partial charge < -0.3 is 10.1 Å². The number of aryl methyl sites for hydroxylation is 1. The van der Waals surface area contributed by atoms with E-state index in [9.17, 15) is 13.2 Å². The summed E-state index contributed by atoms with van der Waals surface area (Å²) in [7, 11) is -2.43. The first-order valence-corrected chi connectivity index (χ1v) is 9.92. The summed E-state index contributed by atoms with van der Waals surface area (Å²) < 4.78 is 33.1. The SMILES string of the molecule is COc1ccccc1NS(=O)(=O)c1cccc(C(=O)NCc2cn[nH]c2C)c1. The van der Waals surface area contributed by atoms with Crippen molar-refractivity contribution in [2.45, 2.75) is 18.4 Å². The molecule has 1 amide bonds. The zero-order valence-electron chi connectivity index (χ0n) is 15.4. The number of nitrogens with one attached hydrogen (secondary N) is 3. The highest BCUT2D eigenvalue weighted by molar-refractivity contribution is 7.92. The Kier molecular flexibility index (Phi) is 5.65. The molecule has 0 aliphatic rings. The Labute approximate surface area is 163 Å². The second-order valence-corrected chi connectivity index (χ2v) is 7.72. The molecule has 0 saturated carbocycles. The summed E-state index contributed by atoms with van der Waals surface area (Å²) in [6, 6.07) is 12.5. The van der Waals surface area contributed by atoms with E-state index in [1.54, 1.807) is 36.5 Å². The normalized spacial score (nSPS) is 11.1. The molecule has 0 unspecified atom stereocenters. The monoisotopic (exact) mass is 400 g/mol. The number of benzene rings is 2. The fourth-order valence-electron chi connectivity index (χ4n) is 2.57. The van der Waals surface area contributed by atoms with Crippen LogP contribution in [0.15, 0.2) is 59.6 Å². The number of sulfonamides is 1. The van der Waals surface area contributed by atoms with Crippen molar-refractivity contribution in [3.63, 3.8) is 0 Å². The van der Waals surface area contributed by atoms with E-state index < -0.39 is 10.0 Å². The first-order valence-electron chi connectivity index (χ1n) is 8.43. The third-order valence-corrected chi connectivity index (χ3v) is 5.49. The van der Waals surface area contributed by atoms with Crippen LogP contribution in [-0.2, 0) is 16.6 Å². The van der Waals surface area contributed by atoms with E-state index >= 15 is 0 Å². The van der Waals surface area contributed by atoms with Crippen LogP contribution < -0.4 is 14.8 Å². The van der Waals surface area contributed by atoms with E-state index in [-0.39, 0.29) is 22.9 Å². The van der Waals surface area contributed by atoms with Crippen molar-refractivity contribution in [2.75, 3.05) is 11.8 Å². The van der Waals surface area contributed by atoms with Gasteiger partial charge in [0.1, 0.15) is 5.75 Å². The second-order valence-electron chi connectivity index (χ2n) is 6.04. The zero-order chi connectivity index (χ0) is 20.1. The Hall–Kier alpha value is -3.33. The Morgan fingerprint density at radius 3 is 2.68 bits per heavy atom. The maximum atomic E-state index is 12.7. The highest BCUT2D eigenvalue weighted by Gasteiger charge is 2.18. The summed E-state index contributed by atoms with van der Waals surface area (Å²) in [5, 5.41) is 9.45. The number of anilines is 1. The molecule has 1 heterocycles. The van der Waals surface area contributed by atoms with Crippen LogP contribution in [0.4, 0.5) is 5.69 Å². The molecule has 3 rings (SSSR count). The number of nitrogens with zero attached hydrogens (tertiary/aromatic N) is 1. The van der Waals surface area contributed by atoms with Gasteiger partial charge in [-0.3, -0.25) is 14.6 Å². The van der Waals surface area contributed by atoms with E-state index in [4.69, 9.17) is 4.74 Å². The van der Waals surface area contributed by atoms with Gasteiger partial charge in [-0.25, -0.2) is 8.42 Å². The quantitative estimate of drug-likeness (QED) is 0.564. The molecule has 0 saturated heterocycles. The molecule has 146 valence electrons. The number of hydrogen-bond acceptors (Lipinski definition) is 5. The van der Waals surface area contributed by atoms with Crippen molar-refractivity contribution in [3.8, 4) is 5.75 Å². The summed E-state index contributed by atoms with van der Waals surface area (Å²) >= 11 is 0. The van der Waals surface area contributed by atoms with Crippen LogP contribution in [0.2, 0.25) is 0 Å². The number of hydrogen-bond donors (Lipinski definition) is 3. The van der Waals surface area contributed by atoms with Crippen molar-refractivity contribution < 1.29 is 17.9 Å². The van der Waals surface area contributed by atoms with Crippen molar-refractivity contribution in [1.82, 2.24) is 15.5 Å². The Morgan fingerprint density at radius 1 is 1.18 bits per heavy atom. The van der Waals surface area contributed by atoms with Crippen LogP contribution in [0.5, 0.6) is 5.75 Å². The smallest absolute Gasteiger partial charge is 0.262 e. The number of methoxy groups -OCH3 is 1. The van der Waals surface area contributed by atoms with E-state index in [0.717, 1.165) is 11.3 Å². The minimum Gasteiger partial charge on any atom is -0.495 e. The lowest BCUT2D eigenvalue weighted by molar-refractivity contribution is 0.0950. The minimum absolute atomic E-state index is 0.0226. The van der Waals surface area contributed by atoms with Crippen molar-refractivity contribution >= 4 is 21.6 Å². The van der Waals surface area contributed by atoms with Crippen molar-refractivity contribution in [2.24, 2.45) is 0 Å². The number of ether oxygens (including phenoxy) is 1. The number of H-pyrrole nitrogens is 1. The standard InChI is InChI=1S/C19H20N4O4S/c1-13-15(12-21-22-13)11-20-19(24)14-6-5-7-16(10-14)28(25,26)23-17-8-3-4-9-18(17)27-2/h3-10,12,23H,11H2,1-2H3,(H,20,24)(H,21,22). The molecule has 0 aliphatic carbocycles. The number of aromatic nitrogens is 2. The number of carbonyl (C=O) groups is 1. The van der Waals surface area contributed by atoms with Crippen LogP contribution in [0.1, 0.15) is 21.6 Å². The molecule has 2 aromatic carbocycles. The molecule has 3 aromatic rings. The average Bonchev–Trinajstić information content (AvgIpc) is 3.11. The van der Waals surface area contributed by atoms with Crippen LogP contribution in [0, 0.1) is 6.92 Å². The minimum atomic E-state index is -3.89. The van der Waals surface area contributed by atoms with Crippen LogP contribution in [0.3, 0.4) is 0 Å². The van der Waals surface area contributed by atoms with Crippen LogP contribution in [0.25, 0.3) is 0 Å². The Morgan fingerprint density at radius 2 is 1.96 bits per heavy atom. The van der Waals surface area contributed by atoms with E-state index in [1.807, 2.05) is 6.92 Å². The fourth-order valence-corrected chi connectivity index (χ4v) is 3.68. The maximum absolute atomic E-state index is 12.7. The second kappa shape index (κ2) is 8.13. The van der Waals surface area contributed by atoms with Gasteiger partial charge in [-0.2, -0.15) is 5.10 Å². The molecule has 3 N–H and O–H groups in total. The number of aromatic amines is 1. The molecule has 0 bridgehead atoms. The van der Waals surface area contributed by atoms with Gasteiger partial charge in [-0.1, -0.05) is 18.2 Å². The van der Waals surface area contributed by atoms with E-state index in [0.29, 0.717) is 11.4 Å². The number of para-hydroxylation sites is 2. The van der Waals surface area contributed by atoms with Crippen LogP contribution in [-0.4, -0.2) is 31.6 Å². The van der Waals surface area contributed by atoms with Crippen molar-refractivity contribution in [1.29, 1.82) is 0 Å². The average molecular weight is 400 g/mol. The molecule has 0 aliphatic heterocycles. The number of carbonyl (C=O) groups excluding carboxylic acids is 1. The first-order chi connectivity index (χ1) is 13.4. The molecular weight excluding hydrogens is 380 g/mol. The first kappa shape index (κ1) is 19.4. The lowest BCUT2D eigenvalue weighted by atomic mass is 10.2. The lowest BCUT2D eigenvalue weighted by Crippen LogP contribution is -2.23. The van der Waals surface area contributed by atoms with Gasteiger partial charge in [-0.05, 0) is 37.3 Å². The summed E-state index contributed by atoms with van der Waals surface area (Å²) in [5.41, 5.74) is 2.27. The largest absolute Gasteiger partial charge is 0.495 e. The molecule has 0 fully saturated rings. The third-order valence-electron chi connectivity index (χ3n) is 4.13. The Balaban J connectivity index is 1.78. The van der Waals surface area contributed by atoms with Gasteiger partial charge in [0.25, 0.3) is 15.9 Å². The summed E-state index contributed by atoms with van der Waals surface area (Å²) in [4.78, 5) is 12.4. The zero-order valence-corrected chi connectivity index (χ0v) is 16.2. The third kappa shape index (κ3) is 4.32. The molecule has 8 nitrogen and oxygen atoms in total. The fraction of sp³-hybridized carbons (Fsp3) is 0.158. The highest BCUT2D eigenvalue weighted by Crippen LogP contribution is 2.26. The summed E-state index contributed by atoms with van der Waals surface area (Å²) in [6.45, 7) is 2.14. The highest BCUT2D eigenvalue weighted by atomic mass is 32.2. The van der Waals surface area contributed by atoms with Gasteiger partial charge in [0.2, 0.25) is 0 Å². The maximum Gasteiger partial charge on any atom is 0.262 e. The molecule has 1 aromatic heterocycles. The van der Waals surface area contributed by atoms with Gasteiger partial charge in [0.05, 0.1) is 23.9 Å². The summed E-state index contributed by atoms with van der Waals surface area (Å²) in [6.07, 6.45) is 1.63. The molecule has 0 radical (unpaired) electrons. The van der Waals surface area contributed by atoms with E-state index in [2.05, 4.69) is 20.2 Å². The molecule has 0 spiro atoms. The lowest BCUT2D eigenvalue weighted by Gasteiger charge is -2.12. The molecule has 9 heteroatoms. The molecular formula is C19H20N4O4S. The molecule has 0 atom stereocenters. The van der Waals surface area contributed by atoms with Gasteiger partial charge >= 0.3 is 0 Å². The number of rotatable bonds is 7. The molecule has 28 heavy (non-hydrogen) atoms. The Bertz CT molecular complexity index is 1090.